The molecule has 1 aromatic heterocycles. The average Bonchev–Trinajstić information content (AvgIpc) is 3.52. The molecule has 1 unspecified atom stereocenters. The fraction of sp³-hybridized carbons (Fsp3) is 0.212. The van der Waals surface area contributed by atoms with Crippen LogP contribution in [0.25, 0.3) is 0 Å². The number of aromatic nitrogens is 1. The van der Waals surface area contributed by atoms with Crippen molar-refractivity contribution in [2.75, 3.05) is 23.7 Å². The Hall–Kier alpha value is -5.14. The molecular formula is C33H34FN5O3. The first-order valence-electron chi connectivity index (χ1n) is 13.7. The summed E-state index contributed by atoms with van der Waals surface area (Å²) in [4.78, 5) is 43.5. The Morgan fingerprint density at radius 2 is 1.95 bits per heavy atom. The standard InChI is InChI=1S/C33H34FN5O3/c1-5-22-10-8-11-25(16-22)37-32(41)26(6-2)27-20-39(33(42)28-12-9-15-35-28)19-21(4)31(27)36-18-23-13-14-24(34)17-29(23)38-30(40)7-3/h7-17,21,35-36H,2-3,5,18-20H2,1,4H3,(H,37,41)(H,38,40). The van der Waals surface area contributed by atoms with Crippen LogP contribution < -0.4 is 16.0 Å². The second-order valence-electron chi connectivity index (χ2n) is 9.97. The van der Waals surface area contributed by atoms with Gasteiger partial charge in [0, 0.05) is 54.4 Å². The molecule has 4 rings (SSSR count). The van der Waals surface area contributed by atoms with E-state index in [0.29, 0.717) is 34.8 Å². The molecule has 42 heavy (non-hydrogen) atoms. The minimum Gasteiger partial charge on any atom is -0.384 e. The molecule has 0 spiro atoms. The molecule has 0 saturated heterocycles. The van der Waals surface area contributed by atoms with Crippen molar-refractivity contribution >= 4 is 29.1 Å². The molecule has 2 heterocycles. The number of nitrogens with zero attached hydrogens (tertiary/aromatic N) is 1. The number of aryl methyl sites for hydroxylation is 1. The highest BCUT2D eigenvalue weighted by molar-refractivity contribution is 6.07. The van der Waals surface area contributed by atoms with E-state index in [2.05, 4.69) is 39.8 Å². The molecule has 1 atom stereocenters. The van der Waals surface area contributed by atoms with Crippen molar-refractivity contribution in [1.29, 1.82) is 0 Å². The number of rotatable bonds is 10. The Bertz CT molecular complexity index is 1580. The maximum absolute atomic E-state index is 14.0. The third kappa shape index (κ3) is 6.95. The number of anilines is 2. The van der Waals surface area contributed by atoms with Gasteiger partial charge in [0.1, 0.15) is 11.5 Å². The molecule has 0 radical (unpaired) electrons. The molecule has 0 fully saturated rings. The number of aromatic amines is 1. The van der Waals surface area contributed by atoms with Gasteiger partial charge in [-0.3, -0.25) is 14.4 Å². The van der Waals surface area contributed by atoms with Gasteiger partial charge in [0.2, 0.25) is 5.91 Å². The monoisotopic (exact) mass is 567 g/mol. The normalized spacial score (nSPS) is 14.5. The zero-order valence-electron chi connectivity index (χ0n) is 23.7. The Kier molecular flexibility index (Phi) is 9.57. The molecule has 0 saturated carbocycles. The Morgan fingerprint density at radius 1 is 1.14 bits per heavy atom. The topological polar surface area (TPSA) is 106 Å². The first-order chi connectivity index (χ1) is 20.2. The summed E-state index contributed by atoms with van der Waals surface area (Å²) >= 11 is 0. The summed E-state index contributed by atoms with van der Waals surface area (Å²) in [6.45, 7) is 12.0. The van der Waals surface area contributed by atoms with Crippen molar-refractivity contribution in [2.45, 2.75) is 26.8 Å². The number of halogens is 1. The average molecular weight is 568 g/mol. The molecule has 2 aromatic carbocycles. The van der Waals surface area contributed by atoms with Crippen LogP contribution in [-0.2, 0) is 22.6 Å². The third-order valence-electron chi connectivity index (χ3n) is 7.06. The summed E-state index contributed by atoms with van der Waals surface area (Å²) in [5.74, 6) is -1.78. The van der Waals surface area contributed by atoms with Crippen molar-refractivity contribution in [1.82, 2.24) is 15.2 Å². The fourth-order valence-electron chi connectivity index (χ4n) is 4.92. The van der Waals surface area contributed by atoms with E-state index in [1.54, 1.807) is 29.3 Å². The molecule has 3 amide bonds. The van der Waals surface area contributed by atoms with Crippen molar-refractivity contribution in [3.63, 3.8) is 0 Å². The third-order valence-corrected chi connectivity index (χ3v) is 7.06. The molecule has 8 nitrogen and oxygen atoms in total. The first-order valence-corrected chi connectivity index (χ1v) is 13.7. The van der Waals surface area contributed by atoms with E-state index in [4.69, 9.17) is 0 Å². The summed E-state index contributed by atoms with van der Waals surface area (Å²) in [6, 6.07) is 15.2. The smallest absolute Gasteiger partial charge is 0.270 e. The lowest BCUT2D eigenvalue weighted by atomic mass is 9.91. The molecule has 216 valence electrons. The van der Waals surface area contributed by atoms with Crippen LogP contribution in [0.1, 0.15) is 35.5 Å². The van der Waals surface area contributed by atoms with Crippen LogP contribution in [0, 0.1) is 11.7 Å². The van der Waals surface area contributed by atoms with E-state index in [9.17, 15) is 18.8 Å². The predicted molar refractivity (Wildman–Crippen MR) is 162 cm³/mol. The summed E-state index contributed by atoms with van der Waals surface area (Å²) in [5.41, 5.74) is 7.38. The van der Waals surface area contributed by atoms with Crippen LogP contribution in [0.2, 0.25) is 0 Å². The highest BCUT2D eigenvalue weighted by Crippen LogP contribution is 2.29. The summed E-state index contributed by atoms with van der Waals surface area (Å²) in [5, 5.41) is 8.98. The van der Waals surface area contributed by atoms with Gasteiger partial charge in [-0.2, -0.15) is 0 Å². The van der Waals surface area contributed by atoms with Gasteiger partial charge in [0.05, 0.1) is 5.57 Å². The van der Waals surface area contributed by atoms with Crippen molar-refractivity contribution < 1.29 is 18.8 Å². The number of nitrogens with one attached hydrogen (secondary N) is 4. The Labute approximate surface area is 244 Å². The van der Waals surface area contributed by atoms with Gasteiger partial charge in [-0.05, 0) is 60.0 Å². The maximum atomic E-state index is 14.0. The second-order valence-corrected chi connectivity index (χ2v) is 9.97. The highest BCUT2D eigenvalue weighted by Gasteiger charge is 2.32. The van der Waals surface area contributed by atoms with Crippen LogP contribution in [0.15, 0.2) is 103 Å². The zero-order valence-corrected chi connectivity index (χ0v) is 23.7. The van der Waals surface area contributed by atoms with E-state index in [0.717, 1.165) is 23.8 Å². The summed E-state index contributed by atoms with van der Waals surface area (Å²) < 4.78 is 14.0. The van der Waals surface area contributed by atoms with Gasteiger partial charge < -0.3 is 25.8 Å². The van der Waals surface area contributed by atoms with Gasteiger partial charge in [-0.15, -0.1) is 5.73 Å². The van der Waals surface area contributed by atoms with E-state index < -0.39 is 17.6 Å². The number of carbonyl (C=O) groups excluding carboxylic acids is 3. The predicted octanol–water partition coefficient (Wildman–Crippen LogP) is 5.33. The first kappa shape index (κ1) is 29.8. The summed E-state index contributed by atoms with van der Waals surface area (Å²) in [7, 11) is 0. The SMILES string of the molecule is C=C=C(C(=O)Nc1cccc(CC)c1)C1=C(NCc2ccc(F)cc2NC(=O)C=C)C(C)CN(C(=O)c2ccc[nH]2)C1. The number of benzene rings is 2. The van der Waals surface area contributed by atoms with Crippen LogP contribution in [0.3, 0.4) is 0 Å². The van der Waals surface area contributed by atoms with Crippen molar-refractivity contribution in [3.8, 4) is 0 Å². The number of hydrogen-bond acceptors (Lipinski definition) is 4. The lowest BCUT2D eigenvalue weighted by Crippen LogP contribution is -2.44. The number of hydrogen-bond donors (Lipinski definition) is 4. The van der Waals surface area contributed by atoms with Gasteiger partial charge in [-0.25, -0.2) is 4.39 Å². The number of H-pyrrole nitrogens is 1. The minimum atomic E-state index is -0.497. The lowest BCUT2D eigenvalue weighted by Gasteiger charge is -2.36. The van der Waals surface area contributed by atoms with Gasteiger partial charge in [0.15, 0.2) is 0 Å². The van der Waals surface area contributed by atoms with Gasteiger partial charge in [-0.1, -0.05) is 45.2 Å². The minimum absolute atomic E-state index is 0.133. The zero-order chi connectivity index (χ0) is 30.2. The molecular weight excluding hydrogens is 533 g/mol. The van der Waals surface area contributed by atoms with Crippen molar-refractivity contribution in [2.24, 2.45) is 5.92 Å². The van der Waals surface area contributed by atoms with Crippen LogP contribution >= 0.6 is 0 Å². The van der Waals surface area contributed by atoms with Crippen LogP contribution in [0.4, 0.5) is 15.8 Å². The lowest BCUT2D eigenvalue weighted by molar-refractivity contribution is -0.113. The van der Waals surface area contributed by atoms with E-state index in [1.165, 1.54) is 12.1 Å². The number of carbonyl (C=O) groups is 3. The van der Waals surface area contributed by atoms with Crippen molar-refractivity contribution in [3.05, 3.63) is 125 Å². The molecule has 9 heteroatoms. The molecule has 3 aromatic rings. The van der Waals surface area contributed by atoms with E-state index in [1.807, 2.05) is 38.1 Å². The van der Waals surface area contributed by atoms with Crippen LogP contribution in [0.5, 0.6) is 0 Å². The molecule has 0 bridgehead atoms. The van der Waals surface area contributed by atoms with E-state index >= 15 is 0 Å². The largest absolute Gasteiger partial charge is 0.384 e. The number of amides is 3. The van der Waals surface area contributed by atoms with E-state index in [-0.39, 0.29) is 30.5 Å². The fourth-order valence-corrected chi connectivity index (χ4v) is 4.92. The quantitative estimate of drug-likeness (QED) is 0.196. The molecule has 1 aliphatic heterocycles. The maximum Gasteiger partial charge on any atom is 0.270 e. The van der Waals surface area contributed by atoms with Gasteiger partial charge in [0.25, 0.3) is 11.8 Å². The Balaban J connectivity index is 1.69. The Morgan fingerprint density at radius 3 is 2.64 bits per heavy atom. The summed E-state index contributed by atoms with van der Waals surface area (Å²) in [6.07, 6.45) is 3.61. The van der Waals surface area contributed by atoms with Gasteiger partial charge >= 0.3 is 0 Å². The molecule has 4 N–H and O–H groups in total. The molecule has 1 aliphatic rings. The highest BCUT2D eigenvalue weighted by atomic mass is 19.1. The van der Waals surface area contributed by atoms with Crippen LogP contribution in [-0.4, -0.2) is 40.7 Å². The molecule has 0 aliphatic carbocycles. The second kappa shape index (κ2) is 13.5.